The van der Waals surface area contributed by atoms with E-state index in [1.165, 1.54) is 5.56 Å². The van der Waals surface area contributed by atoms with Crippen molar-refractivity contribution < 1.29 is 9.90 Å². The molecule has 1 atom stereocenters. The van der Waals surface area contributed by atoms with Crippen LogP contribution in [0.15, 0.2) is 42.1 Å². The lowest BCUT2D eigenvalue weighted by Gasteiger charge is -2.33. The molecule has 1 aliphatic heterocycles. The van der Waals surface area contributed by atoms with Crippen LogP contribution in [-0.2, 0) is 6.54 Å². The molecule has 0 saturated heterocycles. The quantitative estimate of drug-likeness (QED) is 0.765. The smallest absolute Gasteiger partial charge is 0.408 e. The maximum absolute atomic E-state index is 10.6. The van der Waals surface area contributed by atoms with E-state index in [1.54, 1.807) is 0 Å². The molecule has 4 N–H and O–H groups in total. The number of rotatable bonds is 4. The summed E-state index contributed by atoms with van der Waals surface area (Å²) in [5, 5.41) is 11.2. The number of nitrogens with one attached hydrogen (secondary N) is 1. The Bertz CT molecular complexity index is 459. The first-order chi connectivity index (χ1) is 9.19. The van der Waals surface area contributed by atoms with Gasteiger partial charge >= 0.3 is 6.09 Å². The number of carboxylic acid groups (broad SMARTS) is 1. The molecular weight excluding hydrogens is 242 g/mol. The Balaban J connectivity index is 2.03. The molecule has 1 heterocycles. The zero-order valence-corrected chi connectivity index (χ0v) is 10.7. The highest BCUT2D eigenvalue weighted by atomic mass is 16.4. The summed E-state index contributed by atoms with van der Waals surface area (Å²) >= 11 is 0. The van der Waals surface area contributed by atoms with Gasteiger partial charge in [-0.2, -0.15) is 0 Å². The molecule has 0 spiro atoms. The van der Waals surface area contributed by atoms with Crippen LogP contribution in [-0.4, -0.2) is 35.2 Å². The molecule has 1 amide bonds. The van der Waals surface area contributed by atoms with Crippen molar-refractivity contribution in [3.8, 4) is 0 Å². The van der Waals surface area contributed by atoms with Crippen LogP contribution >= 0.6 is 0 Å². The first-order valence-corrected chi connectivity index (χ1v) is 6.37. The highest BCUT2D eigenvalue weighted by Crippen LogP contribution is 2.17. The van der Waals surface area contributed by atoms with Crippen LogP contribution in [0, 0.1) is 0 Å². The Labute approximate surface area is 112 Å². The van der Waals surface area contributed by atoms with Crippen LogP contribution in [0.2, 0.25) is 0 Å². The third-order valence-electron chi connectivity index (χ3n) is 3.27. The standard InChI is InChI=1S/C14H19N3O2/c15-9-13-8-12(16-14(18)19)6-7-17(13)10-11-4-2-1-3-5-11/h1-5,8,13,16H,6-7,9-10,15H2,(H,18,19). The third kappa shape index (κ3) is 3.81. The van der Waals surface area contributed by atoms with E-state index in [2.05, 4.69) is 22.3 Å². The molecule has 0 fully saturated rings. The second-order valence-corrected chi connectivity index (χ2v) is 4.63. The lowest BCUT2D eigenvalue weighted by atomic mass is 10.1. The molecule has 0 aromatic heterocycles. The molecule has 5 heteroatoms. The van der Waals surface area contributed by atoms with Crippen LogP contribution in [0.25, 0.3) is 0 Å². The van der Waals surface area contributed by atoms with Crippen molar-refractivity contribution in [3.05, 3.63) is 47.7 Å². The predicted molar refractivity (Wildman–Crippen MR) is 73.6 cm³/mol. The summed E-state index contributed by atoms with van der Waals surface area (Å²) < 4.78 is 0. The molecule has 2 rings (SSSR count). The first-order valence-electron chi connectivity index (χ1n) is 6.37. The van der Waals surface area contributed by atoms with Gasteiger partial charge in [0, 0.05) is 37.8 Å². The molecule has 0 saturated carbocycles. The fraction of sp³-hybridized carbons (Fsp3) is 0.357. The molecule has 5 nitrogen and oxygen atoms in total. The molecule has 102 valence electrons. The van der Waals surface area contributed by atoms with Gasteiger partial charge in [0.1, 0.15) is 0 Å². The lowest BCUT2D eigenvalue weighted by molar-refractivity contribution is 0.190. The monoisotopic (exact) mass is 261 g/mol. The van der Waals surface area contributed by atoms with Gasteiger partial charge in [-0.3, -0.25) is 10.2 Å². The largest absolute Gasteiger partial charge is 0.465 e. The highest BCUT2D eigenvalue weighted by molar-refractivity contribution is 5.67. The molecule has 1 unspecified atom stereocenters. The Morgan fingerprint density at radius 3 is 2.79 bits per heavy atom. The van der Waals surface area contributed by atoms with Gasteiger partial charge in [0.25, 0.3) is 0 Å². The zero-order chi connectivity index (χ0) is 13.7. The van der Waals surface area contributed by atoms with E-state index in [0.29, 0.717) is 13.0 Å². The van der Waals surface area contributed by atoms with Crippen molar-refractivity contribution >= 4 is 6.09 Å². The zero-order valence-electron chi connectivity index (χ0n) is 10.7. The van der Waals surface area contributed by atoms with Gasteiger partial charge in [-0.25, -0.2) is 4.79 Å². The second-order valence-electron chi connectivity index (χ2n) is 4.63. The van der Waals surface area contributed by atoms with E-state index in [4.69, 9.17) is 10.8 Å². The van der Waals surface area contributed by atoms with Crippen molar-refractivity contribution in [2.45, 2.75) is 19.0 Å². The van der Waals surface area contributed by atoms with E-state index < -0.39 is 6.09 Å². The van der Waals surface area contributed by atoms with Crippen molar-refractivity contribution in [2.75, 3.05) is 13.1 Å². The van der Waals surface area contributed by atoms with E-state index in [9.17, 15) is 4.79 Å². The maximum Gasteiger partial charge on any atom is 0.408 e. The first kappa shape index (κ1) is 13.6. The number of nitrogens with zero attached hydrogens (tertiary/aromatic N) is 1. The topological polar surface area (TPSA) is 78.6 Å². The van der Waals surface area contributed by atoms with Gasteiger partial charge in [-0.1, -0.05) is 30.3 Å². The Hall–Kier alpha value is -1.85. The Morgan fingerprint density at radius 2 is 2.16 bits per heavy atom. The maximum atomic E-state index is 10.6. The van der Waals surface area contributed by atoms with Crippen LogP contribution in [0.1, 0.15) is 12.0 Å². The number of hydrogen-bond acceptors (Lipinski definition) is 3. The Kier molecular flexibility index (Phi) is 4.54. The molecule has 19 heavy (non-hydrogen) atoms. The number of benzene rings is 1. The molecule has 0 bridgehead atoms. The molecule has 1 aliphatic rings. The molecule has 1 aromatic carbocycles. The van der Waals surface area contributed by atoms with Crippen molar-refractivity contribution in [1.29, 1.82) is 0 Å². The molecule has 1 aromatic rings. The van der Waals surface area contributed by atoms with Crippen LogP contribution in [0.3, 0.4) is 0 Å². The normalized spacial score (nSPS) is 19.8. The van der Waals surface area contributed by atoms with Gasteiger partial charge in [0.15, 0.2) is 0 Å². The summed E-state index contributed by atoms with van der Waals surface area (Å²) in [6.07, 6.45) is 1.61. The van der Waals surface area contributed by atoms with E-state index >= 15 is 0 Å². The number of nitrogens with two attached hydrogens (primary N) is 1. The minimum atomic E-state index is -1.02. The number of hydrogen-bond donors (Lipinski definition) is 3. The SMILES string of the molecule is NCC1C=C(NC(=O)O)CCN1Cc1ccccc1. The fourth-order valence-corrected chi connectivity index (χ4v) is 2.32. The average Bonchev–Trinajstić information content (AvgIpc) is 2.41. The van der Waals surface area contributed by atoms with Crippen molar-refractivity contribution in [3.63, 3.8) is 0 Å². The van der Waals surface area contributed by atoms with Gasteiger partial charge in [0.05, 0.1) is 0 Å². The molecular formula is C14H19N3O2. The highest BCUT2D eigenvalue weighted by Gasteiger charge is 2.21. The summed E-state index contributed by atoms with van der Waals surface area (Å²) in [4.78, 5) is 12.9. The number of amides is 1. The van der Waals surface area contributed by atoms with E-state index in [1.807, 2.05) is 24.3 Å². The summed E-state index contributed by atoms with van der Waals surface area (Å²) in [7, 11) is 0. The lowest BCUT2D eigenvalue weighted by Crippen LogP contribution is -2.44. The molecule has 0 aliphatic carbocycles. The summed E-state index contributed by atoms with van der Waals surface area (Å²) in [5.74, 6) is 0. The minimum absolute atomic E-state index is 0.0795. The van der Waals surface area contributed by atoms with E-state index in [-0.39, 0.29) is 6.04 Å². The fourth-order valence-electron chi connectivity index (χ4n) is 2.32. The number of carbonyl (C=O) groups is 1. The molecule has 0 radical (unpaired) electrons. The van der Waals surface area contributed by atoms with Crippen LogP contribution in [0.5, 0.6) is 0 Å². The average molecular weight is 261 g/mol. The van der Waals surface area contributed by atoms with Crippen molar-refractivity contribution in [1.82, 2.24) is 10.2 Å². The van der Waals surface area contributed by atoms with Crippen molar-refractivity contribution in [2.24, 2.45) is 5.73 Å². The predicted octanol–water partition coefficient (Wildman–Crippen LogP) is 1.37. The summed E-state index contributed by atoms with van der Waals surface area (Å²) in [6, 6.07) is 10.3. The summed E-state index contributed by atoms with van der Waals surface area (Å²) in [5.41, 5.74) is 7.76. The minimum Gasteiger partial charge on any atom is -0.465 e. The third-order valence-corrected chi connectivity index (χ3v) is 3.27. The van der Waals surface area contributed by atoms with Crippen LogP contribution < -0.4 is 11.1 Å². The summed E-state index contributed by atoms with van der Waals surface area (Å²) in [6.45, 7) is 2.13. The Morgan fingerprint density at radius 1 is 1.42 bits per heavy atom. The van der Waals surface area contributed by atoms with Gasteiger partial charge in [-0.05, 0) is 11.6 Å². The van der Waals surface area contributed by atoms with Crippen LogP contribution in [0.4, 0.5) is 4.79 Å². The van der Waals surface area contributed by atoms with Gasteiger partial charge in [-0.15, -0.1) is 0 Å². The second kappa shape index (κ2) is 6.36. The van der Waals surface area contributed by atoms with E-state index in [0.717, 1.165) is 18.8 Å². The van der Waals surface area contributed by atoms with Gasteiger partial charge < -0.3 is 10.8 Å². The van der Waals surface area contributed by atoms with Gasteiger partial charge in [0.2, 0.25) is 0 Å².